The van der Waals surface area contributed by atoms with E-state index in [1.54, 1.807) is 24.2 Å². The number of aliphatic hydroxyl groups excluding tert-OH is 1. The minimum Gasteiger partial charge on any atom is -0.457 e. The molecular weight excluding hydrogens is 442 g/mol. The van der Waals surface area contributed by atoms with E-state index in [4.69, 9.17) is 14.2 Å². The molecule has 1 aromatic rings. The third kappa shape index (κ3) is 11.6. The molecule has 0 spiro atoms. The summed E-state index contributed by atoms with van der Waals surface area (Å²) in [4.78, 5) is 14.1. The molecule has 1 aromatic carbocycles. The number of para-hydroxylation sites is 1. The van der Waals surface area contributed by atoms with Crippen LogP contribution in [0, 0.1) is 5.92 Å². The lowest BCUT2D eigenvalue weighted by Crippen LogP contribution is -2.44. The number of allylic oxidation sites excluding steroid dienone is 4. The number of carbonyl (C=O) groups is 1. The number of ether oxygens (including phenoxy) is 3. The molecule has 1 heterocycles. The molecule has 0 radical (unpaired) electrons. The number of likely N-dealkylation sites (tertiary alicyclic amines) is 1. The second-order valence-corrected chi connectivity index (χ2v) is 9.56. The van der Waals surface area contributed by atoms with Crippen molar-refractivity contribution in [3.8, 4) is 5.75 Å². The van der Waals surface area contributed by atoms with E-state index in [1.165, 1.54) is 12.8 Å². The normalized spacial score (nSPS) is 17.4. The number of benzene rings is 1. The maximum Gasteiger partial charge on any atom is 0.410 e. The van der Waals surface area contributed by atoms with Gasteiger partial charge in [0.25, 0.3) is 0 Å². The van der Waals surface area contributed by atoms with Crippen LogP contribution in [0.25, 0.3) is 0 Å². The van der Waals surface area contributed by atoms with E-state index >= 15 is 0 Å². The molecule has 196 valence electrons. The third-order valence-electron chi connectivity index (χ3n) is 5.34. The predicted octanol–water partition coefficient (Wildman–Crippen LogP) is 6.82. The van der Waals surface area contributed by atoms with Crippen molar-refractivity contribution in [2.45, 2.75) is 72.0 Å². The van der Waals surface area contributed by atoms with Gasteiger partial charge in [-0.15, -0.1) is 0 Å². The number of piperidine rings is 1. The van der Waals surface area contributed by atoms with Gasteiger partial charge in [0, 0.05) is 38.3 Å². The topological polar surface area (TPSA) is 68.2 Å². The van der Waals surface area contributed by atoms with E-state index in [1.807, 2.05) is 64.1 Å². The molecule has 6 heteroatoms. The standard InChI is InChI=1S/C24H33NO4.C5H12O/c1-6-11-19(12-7-2)28-21-15-9-8-14-20(21)22(26)18-13-10-16-25(17-18)23(27)29-24(3,4)5;1-3-4-5-6-2/h6-9,11-12,14-15,18,22,26H,1,10,13,16-17H2,2-5H3;3-5H2,1-2H3/b12-7-,19-11+;/t18-,22?;/m1./s1. The lowest BCUT2D eigenvalue weighted by molar-refractivity contribution is 0.00213. The highest BCUT2D eigenvalue weighted by atomic mass is 16.6. The highest BCUT2D eigenvalue weighted by molar-refractivity contribution is 5.68. The molecule has 0 saturated carbocycles. The van der Waals surface area contributed by atoms with Gasteiger partial charge >= 0.3 is 6.09 Å². The van der Waals surface area contributed by atoms with Crippen molar-refractivity contribution in [2.24, 2.45) is 5.92 Å². The maximum atomic E-state index is 12.4. The molecule has 1 saturated heterocycles. The number of unbranched alkanes of at least 4 members (excludes halogenated alkanes) is 1. The highest BCUT2D eigenvalue weighted by Crippen LogP contribution is 2.35. The van der Waals surface area contributed by atoms with Gasteiger partial charge in [-0.25, -0.2) is 4.79 Å². The van der Waals surface area contributed by atoms with E-state index in [0.29, 0.717) is 30.2 Å². The Balaban J connectivity index is 0.000000905. The van der Waals surface area contributed by atoms with Gasteiger partial charge in [-0.1, -0.05) is 50.3 Å². The number of amides is 1. The second-order valence-electron chi connectivity index (χ2n) is 9.56. The zero-order valence-corrected chi connectivity index (χ0v) is 22.5. The fraction of sp³-hybridized carbons (Fsp3) is 0.552. The quantitative estimate of drug-likeness (QED) is 0.235. The Morgan fingerprint density at radius 2 is 2.03 bits per heavy atom. The maximum absolute atomic E-state index is 12.4. The molecular formula is C29H45NO5. The fourth-order valence-electron chi connectivity index (χ4n) is 3.65. The average Bonchev–Trinajstić information content (AvgIpc) is 2.82. The van der Waals surface area contributed by atoms with Crippen LogP contribution >= 0.6 is 0 Å². The summed E-state index contributed by atoms with van der Waals surface area (Å²) in [6.45, 7) is 15.4. The minimum absolute atomic E-state index is 0.0884. The second kappa shape index (κ2) is 16.2. The summed E-state index contributed by atoms with van der Waals surface area (Å²) in [6.07, 6.45) is 10.2. The summed E-state index contributed by atoms with van der Waals surface area (Å²) < 4.78 is 16.3. The van der Waals surface area contributed by atoms with Gasteiger partial charge in [0.2, 0.25) is 0 Å². The van der Waals surface area contributed by atoms with E-state index in [2.05, 4.69) is 13.5 Å². The van der Waals surface area contributed by atoms with Crippen LogP contribution in [0.5, 0.6) is 5.75 Å². The van der Waals surface area contributed by atoms with Crippen LogP contribution in [-0.2, 0) is 9.47 Å². The Kier molecular flexibility index (Phi) is 14.1. The van der Waals surface area contributed by atoms with Crippen LogP contribution in [0.3, 0.4) is 0 Å². The van der Waals surface area contributed by atoms with Gasteiger partial charge in [0.1, 0.15) is 17.1 Å². The molecule has 1 N–H and O–H groups in total. The molecule has 1 aliphatic heterocycles. The van der Waals surface area contributed by atoms with Crippen LogP contribution in [0.15, 0.2) is 60.9 Å². The van der Waals surface area contributed by atoms with E-state index in [0.717, 1.165) is 19.4 Å². The molecule has 1 aliphatic rings. The predicted molar refractivity (Wildman–Crippen MR) is 142 cm³/mol. The number of aliphatic hydroxyl groups is 1. The van der Waals surface area contributed by atoms with Gasteiger partial charge in [-0.3, -0.25) is 0 Å². The molecule has 2 atom stereocenters. The SMILES string of the molecule is C=C/C=C(\C=C/C)Oc1ccccc1C(O)[C@@H]1CCCN(C(=O)OC(C)(C)C)C1.CCCCOC. The molecule has 0 bridgehead atoms. The number of rotatable bonds is 9. The van der Waals surface area contributed by atoms with Crippen LogP contribution < -0.4 is 4.74 Å². The largest absolute Gasteiger partial charge is 0.457 e. The summed E-state index contributed by atoms with van der Waals surface area (Å²) in [7, 11) is 1.73. The lowest BCUT2D eigenvalue weighted by atomic mass is 9.88. The summed E-state index contributed by atoms with van der Waals surface area (Å²) in [6, 6.07) is 7.47. The number of methoxy groups -OCH3 is 1. The summed E-state index contributed by atoms with van der Waals surface area (Å²) in [5.74, 6) is 1.15. The molecule has 6 nitrogen and oxygen atoms in total. The van der Waals surface area contributed by atoms with Gasteiger partial charge < -0.3 is 24.2 Å². The summed E-state index contributed by atoms with van der Waals surface area (Å²) in [5.41, 5.74) is 0.173. The first-order valence-corrected chi connectivity index (χ1v) is 12.5. The Morgan fingerprint density at radius 1 is 1.31 bits per heavy atom. The van der Waals surface area contributed by atoms with Crippen LogP contribution in [0.2, 0.25) is 0 Å². The van der Waals surface area contributed by atoms with Gasteiger partial charge in [0.05, 0.1) is 6.10 Å². The molecule has 0 aromatic heterocycles. The van der Waals surface area contributed by atoms with Crippen molar-refractivity contribution in [3.63, 3.8) is 0 Å². The minimum atomic E-state index is -0.743. The fourth-order valence-corrected chi connectivity index (χ4v) is 3.65. The van der Waals surface area contributed by atoms with Crippen molar-refractivity contribution in [1.82, 2.24) is 4.90 Å². The Hall–Kier alpha value is -2.57. The first-order valence-electron chi connectivity index (χ1n) is 12.5. The van der Waals surface area contributed by atoms with E-state index in [9.17, 15) is 9.90 Å². The summed E-state index contributed by atoms with van der Waals surface area (Å²) >= 11 is 0. The van der Waals surface area contributed by atoms with Crippen molar-refractivity contribution < 1.29 is 24.1 Å². The average molecular weight is 488 g/mol. The van der Waals surface area contributed by atoms with Gasteiger partial charge in [-0.05, 0) is 65.2 Å². The molecule has 2 rings (SSSR count). The van der Waals surface area contributed by atoms with Crippen LogP contribution in [0.1, 0.15) is 72.0 Å². The van der Waals surface area contributed by atoms with Crippen molar-refractivity contribution in [2.75, 3.05) is 26.8 Å². The Labute approximate surface area is 212 Å². The molecule has 35 heavy (non-hydrogen) atoms. The monoisotopic (exact) mass is 487 g/mol. The summed E-state index contributed by atoms with van der Waals surface area (Å²) in [5, 5.41) is 11.1. The number of hydrogen-bond acceptors (Lipinski definition) is 5. The van der Waals surface area contributed by atoms with Gasteiger partial charge in [0.15, 0.2) is 0 Å². The Bertz CT molecular complexity index is 821. The van der Waals surface area contributed by atoms with Crippen molar-refractivity contribution in [3.05, 3.63) is 66.5 Å². The van der Waals surface area contributed by atoms with E-state index in [-0.39, 0.29) is 12.0 Å². The number of hydrogen-bond donors (Lipinski definition) is 1. The third-order valence-corrected chi connectivity index (χ3v) is 5.34. The smallest absolute Gasteiger partial charge is 0.410 e. The molecule has 1 amide bonds. The first kappa shape index (κ1) is 30.5. The number of nitrogens with zero attached hydrogens (tertiary/aromatic N) is 1. The molecule has 0 aliphatic carbocycles. The van der Waals surface area contributed by atoms with Crippen LogP contribution in [0.4, 0.5) is 4.79 Å². The van der Waals surface area contributed by atoms with Crippen LogP contribution in [-0.4, -0.2) is 48.5 Å². The molecule has 1 unspecified atom stereocenters. The van der Waals surface area contributed by atoms with Crippen molar-refractivity contribution in [1.29, 1.82) is 0 Å². The highest BCUT2D eigenvalue weighted by Gasteiger charge is 2.32. The zero-order valence-electron chi connectivity index (χ0n) is 22.5. The lowest BCUT2D eigenvalue weighted by Gasteiger charge is -2.36. The Morgan fingerprint density at radius 3 is 2.60 bits per heavy atom. The van der Waals surface area contributed by atoms with Crippen molar-refractivity contribution >= 4 is 6.09 Å². The molecule has 1 fully saturated rings. The number of carbonyl (C=O) groups excluding carboxylic acids is 1. The van der Waals surface area contributed by atoms with Gasteiger partial charge in [-0.2, -0.15) is 0 Å². The van der Waals surface area contributed by atoms with E-state index < -0.39 is 11.7 Å². The first-order chi connectivity index (χ1) is 16.7. The zero-order chi connectivity index (χ0) is 26.3.